The summed E-state index contributed by atoms with van der Waals surface area (Å²) >= 11 is 0. The third kappa shape index (κ3) is 3.38. The van der Waals surface area contributed by atoms with Gasteiger partial charge in [0.25, 0.3) is 0 Å². The van der Waals surface area contributed by atoms with Crippen LogP contribution in [-0.4, -0.2) is 24.6 Å². The molecule has 0 aliphatic carbocycles. The van der Waals surface area contributed by atoms with Crippen LogP contribution in [0.15, 0.2) is 18.2 Å². The molecule has 1 heterocycles. The van der Waals surface area contributed by atoms with E-state index >= 15 is 0 Å². The molecule has 0 saturated carbocycles. The van der Waals surface area contributed by atoms with Crippen LogP contribution >= 0.6 is 0 Å². The zero-order chi connectivity index (χ0) is 14.8. The summed E-state index contributed by atoms with van der Waals surface area (Å²) in [7, 11) is 0. The van der Waals surface area contributed by atoms with Crippen molar-refractivity contribution in [1.82, 2.24) is 5.32 Å². The molecule has 1 N–H and O–H groups in total. The number of halogens is 3. The molecule has 1 fully saturated rings. The first-order valence-electron chi connectivity index (χ1n) is 6.07. The van der Waals surface area contributed by atoms with Crippen LogP contribution in [0.3, 0.4) is 0 Å². The highest BCUT2D eigenvalue weighted by atomic mass is 19.4. The highest BCUT2D eigenvalue weighted by Gasteiger charge is 2.33. The van der Waals surface area contributed by atoms with E-state index in [2.05, 4.69) is 5.32 Å². The van der Waals surface area contributed by atoms with Gasteiger partial charge in [0.1, 0.15) is 0 Å². The Labute approximate surface area is 112 Å². The summed E-state index contributed by atoms with van der Waals surface area (Å²) in [5, 5.41) is 14.0. The number of alkyl halides is 3. The van der Waals surface area contributed by atoms with Crippen molar-refractivity contribution in [2.45, 2.75) is 12.6 Å². The van der Waals surface area contributed by atoms with E-state index in [9.17, 15) is 23.3 Å². The fourth-order valence-electron chi connectivity index (χ4n) is 2.02. The number of rotatable bonds is 4. The average molecular weight is 290 g/mol. The number of nitro benzene ring substituents is 1. The molecule has 0 bridgehead atoms. The van der Waals surface area contributed by atoms with E-state index in [1.807, 2.05) is 0 Å². The zero-order valence-corrected chi connectivity index (χ0v) is 10.4. The third-order valence-corrected chi connectivity index (χ3v) is 3.12. The molecule has 8 heteroatoms. The first kappa shape index (κ1) is 14.6. The summed E-state index contributed by atoms with van der Waals surface area (Å²) in [5.41, 5.74) is -1.72. The smallest absolute Gasteiger partial charge is 0.416 e. The SMILES string of the molecule is O=[N+]([O-])c1cc(C(F)(F)F)ccc1OC[C@H]1CCNC1. The summed E-state index contributed by atoms with van der Waals surface area (Å²) < 4.78 is 42.9. The van der Waals surface area contributed by atoms with E-state index in [-0.39, 0.29) is 18.3 Å². The lowest BCUT2D eigenvalue weighted by Gasteiger charge is -2.12. The average Bonchev–Trinajstić information content (AvgIpc) is 2.88. The van der Waals surface area contributed by atoms with Gasteiger partial charge < -0.3 is 10.1 Å². The zero-order valence-electron chi connectivity index (χ0n) is 10.4. The topological polar surface area (TPSA) is 64.4 Å². The predicted molar refractivity (Wildman–Crippen MR) is 64.6 cm³/mol. The number of nitro groups is 1. The summed E-state index contributed by atoms with van der Waals surface area (Å²) in [6.07, 6.45) is -3.73. The predicted octanol–water partition coefficient (Wildman–Crippen LogP) is 2.60. The molecule has 1 atom stereocenters. The monoisotopic (exact) mass is 290 g/mol. The van der Waals surface area contributed by atoms with Crippen LogP contribution < -0.4 is 10.1 Å². The van der Waals surface area contributed by atoms with Crippen LogP contribution in [0, 0.1) is 16.0 Å². The van der Waals surface area contributed by atoms with Gasteiger partial charge in [-0.3, -0.25) is 10.1 Å². The first-order chi connectivity index (χ1) is 9.38. The van der Waals surface area contributed by atoms with Crippen molar-refractivity contribution >= 4 is 5.69 Å². The Balaban J connectivity index is 2.17. The van der Waals surface area contributed by atoms with Crippen LogP contribution in [0.4, 0.5) is 18.9 Å². The Hall–Kier alpha value is -1.83. The molecule has 0 unspecified atom stereocenters. The molecule has 1 aliphatic rings. The minimum atomic E-state index is -4.61. The minimum Gasteiger partial charge on any atom is -0.486 e. The van der Waals surface area contributed by atoms with Gasteiger partial charge in [-0.1, -0.05) is 0 Å². The molecule has 20 heavy (non-hydrogen) atoms. The molecule has 0 spiro atoms. The van der Waals surface area contributed by atoms with Gasteiger partial charge in [0, 0.05) is 18.5 Å². The molecule has 0 amide bonds. The number of hydrogen-bond acceptors (Lipinski definition) is 4. The van der Waals surface area contributed by atoms with E-state index < -0.39 is 22.4 Å². The maximum Gasteiger partial charge on any atom is 0.416 e. The third-order valence-electron chi connectivity index (χ3n) is 3.12. The van der Waals surface area contributed by atoms with Gasteiger partial charge in [-0.25, -0.2) is 0 Å². The summed E-state index contributed by atoms with van der Waals surface area (Å²) in [6, 6.07) is 2.29. The second kappa shape index (κ2) is 5.66. The van der Waals surface area contributed by atoms with Crippen molar-refractivity contribution in [3.63, 3.8) is 0 Å². The van der Waals surface area contributed by atoms with Gasteiger partial charge in [0.05, 0.1) is 17.1 Å². The Kier molecular flexibility index (Phi) is 4.12. The van der Waals surface area contributed by atoms with E-state index in [4.69, 9.17) is 4.74 Å². The molecular weight excluding hydrogens is 277 g/mol. The number of ether oxygens (including phenoxy) is 1. The lowest BCUT2D eigenvalue weighted by Crippen LogP contribution is -2.16. The number of nitrogens with one attached hydrogen (secondary N) is 1. The summed E-state index contributed by atoms with van der Waals surface area (Å²) in [4.78, 5) is 9.98. The molecule has 1 saturated heterocycles. The molecule has 1 aromatic carbocycles. The molecule has 110 valence electrons. The highest BCUT2D eigenvalue weighted by Crippen LogP contribution is 2.36. The van der Waals surface area contributed by atoms with E-state index in [1.54, 1.807) is 0 Å². The van der Waals surface area contributed by atoms with Crippen molar-refractivity contribution in [3.8, 4) is 5.75 Å². The lowest BCUT2D eigenvalue weighted by atomic mass is 10.1. The minimum absolute atomic E-state index is 0.130. The standard InChI is InChI=1S/C12H13F3N2O3/c13-12(14,15)9-1-2-11(10(5-9)17(18)19)20-7-8-3-4-16-6-8/h1-2,5,8,16H,3-4,6-7H2/t8-/m0/s1. The van der Waals surface area contributed by atoms with E-state index in [1.165, 1.54) is 0 Å². The van der Waals surface area contributed by atoms with Crippen molar-refractivity contribution in [2.24, 2.45) is 5.92 Å². The summed E-state index contributed by atoms with van der Waals surface area (Å²) in [6.45, 7) is 1.84. The second-order valence-electron chi connectivity index (χ2n) is 4.61. The highest BCUT2D eigenvalue weighted by molar-refractivity contribution is 5.49. The van der Waals surface area contributed by atoms with Gasteiger partial charge >= 0.3 is 11.9 Å². The fourth-order valence-corrected chi connectivity index (χ4v) is 2.02. The molecule has 0 radical (unpaired) electrons. The Morgan fingerprint density at radius 2 is 2.20 bits per heavy atom. The Bertz CT molecular complexity index is 499. The van der Waals surface area contributed by atoms with Crippen molar-refractivity contribution in [2.75, 3.05) is 19.7 Å². The van der Waals surface area contributed by atoms with E-state index in [0.717, 1.165) is 31.6 Å². The quantitative estimate of drug-likeness (QED) is 0.684. The van der Waals surface area contributed by atoms with Gasteiger partial charge in [0.15, 0.2) is 5.75 Å². The van der Waals surface area contributed by atoms with Crippen molar-refractivity contribution in [3.05, 3.63) is 33.9 Å². The van der Waals surface area contributed by atoms with Crippen LogP contribution in [0.25, 0.3) is 0 Å². The number of nitrogens with zero attached hydrogens (tertiary/aromatic N) is 1. The van der Waals surface area contributed by atoms with Gasteiger partial charge in [0.2, 0.25) is 0 Å². The van der Waals surface area contributed by atoms with Gasteiger partial charge in [-0.2, -0.15) is 13.2 Å². The van der Waals surface area contributed by atoms with Crippen molar-refractivity contribution < 1.29 is 22.8 Å². The normalized spacial score (nSPS) is 19.1. The second-order valence-corrected chi connectivity index (χ2v) is 4.61. The molecular formula is C12H13F3N2O3. The maximum absolute atomic E-state index is 12.5. The van der Waals surface area contributed by atoms with Crippen molar-refractivity contribution in [1.29, 1.82) is 0 Å². The first-order valence-corrected chi connectivity index (χ1v) is 6.07. The maximum atomic E-state index is 12.5. The molecule has 0 aromatic heterocycles. The van der Waals surface area contributed by atoms with Gasteiger partial charge in [-0.05, 0) is 25.1 Å². The molecule has 1 aromatic rings. The fraction of sp³-hybridized carbons (Fsp3) is 0.500. The lowest BCUT2D eigenvalue weighted by molar-refractivity contribution is -0.386. The van der Waals surface area contributed by atoms with Crippen LogP contribution in [0.5, 0.6) is 5.75 Å². The Morgan fingerprint density at radius 1 is 1.45 bits per heavy atom. The molecule has 5 nitrogen and oxygen atoms in total. The number of benzene rings is 1. The Morgan fingerprint density at radius 3 is 2.75 bits per heavy atom. The van der Waals surface area contributed by atoms with Gasteiger partial charge in [-0.15, -0.1) is 0 Å². The largest absolute Gasteiger partial charge is 0.486 e. The summed E-state index contributed by atoms with van der Waals surface area (Å²) in [5.74, 6) is 0.0896. The van der Waals surface area contributed by atoms with Crippen LogP contribution in [0.2, 0.25) is 0 Å². The van der Waals surface area contributed by atoms with Crippen LogP contribution in [-0.2, 0) is 6.18 Å². The number of hydrogen-bond donors (Lipinski definition) is 1. The van der Waals surface area contributed by atoms with E-state index in [0.29, 0.717) is 6.07 Å². The molecule has 2 rings (SSSR count). The molecule has 1 aliphatic heterocycles. The van der Waals surface area contributed by atoms with Crippen LogP contribution in [0.1, 0.15) is 12.0 Å².